The fourth-order valence-electron chi connectivity index (χ4n) is 2.31. The summed E-state index contributed by atoms with van der Waals surface area (Å²) in [5.41, 5.74) is 1.74. The Balaban J connectivity index is 1.90. The molecule has 0 aliphatic carbocycles. The molecule has 0 aliphatic heterocycles. The van der Waals surface area contributed by atoms with E-state index in [1.54, 1.807) is 30.3 Å². The first kappa shape index (κ1) is 16.5. The van der Waals surface area contributed by atoms with E-state index in [-0.39, 0.29) is 5.69 Å². The highest BCUT2D eigenvalue weighted by Gasteiger charge is 2.09. The van der Waals surface area contributed by atoms with Crippen LogP contribution >= 0.6 is 11.6 Å². The SMILES string of the molecule is N#C/C(=C/c1ccc(-c2cccc(Cl)c2)o1)c1ccc([N+](=O)[O-])cc1. The molecule has 0 spiro atoms. The second-order valence-corrected chi connectivity index (χ2v) is 5.62. The van der Waals surface area contributed by atoms with Crippen molar-refractivity contribution in [2.24, 2.45) is 0 Å². The molecule has 0 unspecified atom stereocenters. The van der Waals surface area contributed by atoms with E-state index in [1.807, 2.05) is 12.1 Å². The molecule has 0 saturated heterocycles. The average Bonchev–Trinajstić information content (AvgIpc) is 3.08. The van der Waals surface area contributed by atoms with Crippen molar-refractivity contribution in [3.8, 4) is 17.4 Å². The number of benzene rings is 2. The number of nitro groups is 1. The van der Waals surface area contributed by atoms with Crippen LogP contribution in [0.1, 0.15) is 11.3 Å². The zero-order valence-electron chi connectivity index (χ0n) is 12.8. The summed E-state index contributed by atoms with van der Waals surface area (Å²) in [5, 5.41) is 20.7. The molecule has 5 nitrogen and oxygen atoms in total. The third-order valence-electron chi connectivity index (χ3n) is 3.53. The second-order valence-electron chi connectivity index (χ2n) is 5.19. The summed E-state index contributed by atoms with van der Waals surface area (Å²) in [5.74, 6) is 1.14. The van der Waals surface area contributed by atoms with Gasteiger partial charge in [-0.2, -0.15) is 5.26 Å². The molecule has 0 radical (unpaired) electrons. The molecular weight excluding hydrogens is 340 g/mol. The van der Waals surface area contributed by atoms with Crippen LogP contribution < -0.4 is 0 Å². The molecule has 0 aliphatic rings. The predicted octanol–water partition coefficient (Wildman–Crippen LogP) is 5.57. The molecule has 3 rings (SSSR count). The highest BCUT2D eigenvalue weighted by molar-refractivity contribution is 6.30. The lowest BCUT2D eigenvalue weighted by Gasteiger charge is -1.99. The first-order chi connectivity index (χ1) is 12.1. The van der Waals surface area contributed by atoms with Gasteiger partial charge in [-0.05, 0) is 48.0 Å². The summed E-state index contributed by atoms with van der Waals surface area (Å²) >= 11 is 5.98. The third-order valence-corrected chi connectivity index (χ3v) is 3.77. The summed E-state index contributed by atoms with van der Waals surface area (Å²) < 4.78 is 5.75. The van der Waals surface area contributed by atoms with Crippen molar-refractivity contribution in [2.45, 2.75) is 0 Å². The van der Waals surface area contributed by atoms with Crippen LogP contribution in [0.5, 0.6) is 0 Å². The van der Waals surface area contributed by atoms with Gasteiger partial charge in [0, 0.05) is 22.7 Å². The number of nitriles is 1. The number of furan rings is 1. The maximum Gasteiger partial charge on any atom is 0.269 e. The molecule has 0 fully saturated rings. The number of halogens is 1. The Morgan fingerprint density at radius 1 is 1.16 bits per heavy atom. The molecule has 3 aromatic rings. The molecular formula is C19H11ClN2O3. The van der Waals surface area contributed by atoms with Gasteiger partial charge >= 0.3 is 0 Å². The quantitative estimate of drug-likeness (QED) is 0.350. The highest BCUT2D eigenvalue weighted by atomic mass is 35.5. The molecule has 0 N–H and O–H groups in total. The van der Waals surface area contributed by atoms with Crippen LogP contribution in [0.25, 0.3) is 23.0 Å². The normalized spacial score (nSPS) is 11.1. The van der Waals surface area contributed by atoms with E-state index in [9.17, 15) is 15.4 Å². The van der Waals surface area contributed by atoms with E-state index < -0.39 is 4.92 Å². The maximum atomic E-state index is 10.7. The van der Waals surface area contributed by atoms with Crippen LogP contribution in [0.2, 0.25) is 5.02 Å². The Bertz CT molecular complexity index is 998. The van der Waals surface area contributed by atoms with Crippen LogP contribution in [-0.4, -0.2) is 4.92 Å². The molecule has 1 heterocycles. The molecule has 0 saturated carbocycles. The minimum absolute atomic E-state index is 0.0257. The first-order valence-electron chi connectivity index (χ1n) is 7.29. The van der Waals surface area contributed by atoms with Gasteiger partial charge in [-0.1, -0.05) is 23.7 Å². The fraction of sp³-hybridized carbons (Fsp3) is 0. The topological polar surface area (TPSA) is 80.1 Å². The number of hydrogen-bond acceptors (Lipinski definition) is 4. The monoisotopic (exact) mass is 350 g/mol. The third kappa shape index (κ3) is 3.77. The van der Waals surface area contributed by atoms with Crippen LogP contribution in [0, 0.1) is 21.4 Å². The van der Waals surface area contributed by atoms with Crippen LogP contribution in [0.15, 0.2) is 65.1 Å². The summed E-state index contributed by atoms with van der Waals surface area (Å²) in [6, 6.07) is 18.7. The van der Waals surface area contributed by atoms with Gasteiger partial charge in [-0.3, -0.25) is 10.1 Å². The van der Waals surface area contributed by atoms with E-state index in [2.05, 4.69) is 6.07 Å². The van der Waals surface area contributed by atoms with Crippen LogP contribution in [0.3, 0.4) is 0 Å². The Kier molecular flexibility index (Phi) is 4.64. The Hall–Kier alpha value is -3.36. The van der Waals surface area contributed by atoms with Crippen LogP contribution in [0.4, 0.5) is 5.69 Å². The van der Waals surface area contributed by atoms with Gasteiger partial charge in [0.15, 0.2) is 0 Å². The molecule has 0 atom stereocenters. The molecule has 0 bridgehead atoms. The van der Waals surface area contributed by atoms with E-state index in [1.165, 1.54) is 24.3 Å². The molecule has 6 heteroatoms. The number of rotatable bonds is 4. The van der Waals surface area contributed by atoms with Gasteiger partial charge in [0.05, 0.1) is 16.6 Å². The molecule has 122 valence electrons. The average molecular weight is 351 g/mol. The van der Waals surface area contributed by atoms with Gasteiger partial charge < -0.3 is 4.42 Å². The van der Waals surface area contributed by atoms with Crippen molar-refractivity contribution in [1.29, 1.82) is 5.26 Å². The minimum atomic E-state index is -0.483. The molecule has 1 aromatic heterocycles. The lowest BCUT2D eigenvalue weighted by atomic mass is 10.1. The van der Waals surface area contributed by atoms with Gasteiger partial charge in [-0.25, -0.2) is 0 Å². The Morgan fingerprint density at radius 3 is 2.56 bits per heavy atom. The largest absolute Gasteiger partial charge is 0.457 e. The summed E-state index contributed by atoms with van der Waals surface area (Å²) in [4.78, 5) is 10.2. The summed E-state index contributed by atoms with van der Waals surface area (Å²) in [7, 11) is 0. The lowest BCUT2D eigenvalue weighted by Crippen LogP contribution is -1.88. The van der Waals surface area contributed by atoms with E-state index in [0.717, 1.165) is 5.56 Å². The van der Waals surface area contributed by atoms with Crippen LogP contribution in [-0.2, 0) is 0 Å². The van der Waals surface area contributed by atoms with Crippen molar-refractivity contribution >= 4 is 28.9 Å². The van der Waals surface area contributed by atoms with Gasteiger partial charge in [0.2, 0.25) is 0 Å². The zero-order valence-corrected chi connectivity index (χ0v) is 13.6. The van der Waals surface area contributed by atoms with Crippen molar-refractivity contribution in [1.82, 2.24) is 0 Å². The molecule has 2 aromatic carbocycles. The zero-order chi connectivity index (χ0) is 17.8. The summed E-state index contributed by atoms with van der Waals surface area (Å²) in [6.45, 7) is 0. The van der Waals surface area contributed by atoms with E-state index >= 15 is 0 Å². The standard InChI is InChI=1S/C19H11ClN2O3/c20-16-3-1-2-14(10-16)19-9-8-18(25-19)11-15(12-21)13-4-6-17(7-5-13)22(23)24/h1-11H/b15-11-. The Labute approximate surface area is 148 Å². The predicted molar refractivity (Wildman–Crippen MR) is 95.7 cm³/mol. The number of nitrogens with zero attached hydrogens (tertiary/aromatic N) is 2. The first-order valence-corrected chi connectivity index (χ1v) is 7.67. The fourth-order valence-corrected chi connectivity index (χ4v) is 2.50. The smallest absolute Gasteiger partial charge is 0.269 e. The van der Waals surface area contributed by atoms with E-state index in [0.29, 0.717) is 27.7 Å². The Morgan fingerprint density at radius 2 is 1.92 bits per heavy atom. The highest BCUT2D eigenvalue weighted by Crippen LogP contribution is 2.27. The van der Waals surface area contributed by atoms with Crippen molar-refractivity contribution < 1.29 is 9.34 Å². The maximum absolute atomic E-state index is 10.7. The second kappa shape index (κ2) is 7.04. The molecule has 25 heavy (non-hydrogen) atoms. The van der Waals surface area contributed by atoms with Gasteiger partial charge in [0.25, 0.3) is 5.69 Å². The van der Waals surface area contributed by atoms with Gasteiger partial charge in [-0.15, -0.1) is 0 Å². The number of nitro benzene ring substituents is 1. The lowest BCUT2D eigenvalue weighted by molar-refractivity contribution is -0.384. The van der Waals surface area contributed by atoms with E-state index in [4.69, 9.17) is 16.0 Å². The van der Waals surface area contributed by atoms with Crippen molar-refractivity contribution in [3.05, 3.63) is 87.1 Å². The number of allylic oxidation sites excluding steroid dienone is 1. The summed E-state index contributed by atoms with van der Waals surface area (Å²) in [6.07, 6.45) is 1.59. The van der Waals surface area contributed by atoms with Crippen molar-refractivity contribution in [3.63, 3.8) is 0 Å². The number of non-ortho nitro benzene ring substituents is 1. The molecule has 0 amide bonds. The minimum Gasteiger partial charge on any atom is -0.457 e. The number of hydrogen-bond donors (Lipinski definition) is 0. The van der Waals surface area contributed by atoms with Gasteiger partial charge in [0.1, 0.15) is 11.5 Å². The van der Waals surface area contributed by atoms with Crippen molar-refractivity contribution in [2.75, 3.05) is 0 Å².